The maximum Gasteiger partial charge on any atom is 0.225 e. The van der Waals surface area contributed by atoms with Gasteiger partial charge in [0, 0.05) is 23.3 Å². The number of carbonyl (C=O) groups is 1. The van der Waals surface area contributed by atoms with Crippen molar-refractivity contribution < 1.29 is 4.79 Å². The summed E-state index contributed by atoms with van der Waals surface area (Å²) < 4.78 is 0. The van der Waals surface area contributed by atoms with Gasteiger partial charge in [0.2, 0.25) is 5.91 Å². The molecule has 0 saturated heterocycles. The molecule has 4 nitrogen and oxygen atoms in total. The monoisotopic (exact) mass is 341 g/mol. The Morgan fingerprint density at radius 2 is 1.73 bits per heavy atom. The van der Waals surface area contributed by atoms with Crippen molar-refractivity contribution in [1.82, 2.24) is 15.3 Å². The fourth-order valence-electron chi connectivity index (χ4n) is 3.18. The molecule has 4 rings (SSSR count). The van der Waals surface area contributed by atoms with Crippen molar-refractivity contribution in [2.24, 2.45) is 0 Å². The highest BCUT2D eigenvalue weighted by Crippen LogP contribution is 2.22. The molecular formula is C22H19N3O. The Balaban J connectivity index is 1.58. The van der Waals surface area contributed by atoms with E-state index in [4.69, 9.17) is 0 Å². The molecule has 26 heavy (non-hydrogen) atoms. The van der Waals surface area contributed by atoms with E-state index < -0.39 is 0 Å². The lowest BCUT2D eigenvalue weighted by Crippen LogP contribution is -2.31. The third kappa shape index (κ3) is 3.35. The van der Waals surface area contributed by atoms with Gasteiger partial charge in [0.05, 0.1) is 18.2 Å². The van der Waals surface area contributed by atoms with Crippen LogP contribution in [0.25, 0.3) is 10.9 Å². The second-order valence-electron chi connectivity index (χ2n) is 6.20. The molecule has 1 unspecified atom stereocenters. The zero-order valence-electron chi connectivity index (χ0n) is 14.2. The Morgan fingerprint density at radius 3 is 2.54 bits per heavy atom. The van der Waals surface area contributed by atoms with Gasteiger partial charge in [0.15, 0.2) is 0 Å². The predicted molar refractivity (Wildman–Crippen MR) is 103 cm³/mol. The molecule has 0 aliphatic carbocycles. The maximum absolute atomic E-state index is 12.8. The molecule has 128 valence electrons. The van der Waals surface area contributed by atoms with E-state index in [0.717, 1.165) is 27.7 Å². The summed E-state index contributed by atoms with van der Waals surface area (Å²) >= 11 is 0. The van der Waals surface area contributed by atoms with E-state index >= 15 is 0 Å². The average Bonchev–Trinajstić information content (AvgIpc) is 3.10. The van der Waals surface area contributed by atoms with Gasteiger partial charge in [0.25, 0.3) is 0 Å². The summed E-state index contributed by atoms with van der Waals surface area (Å²) in [6.45, 7) is 0. The maximum atomic E-state index is 12.8. The molecule has 1 atom stereocenters. The van der Waals surface area contributed by atoms with E-state index in [2.05, 4.69) is 15.3 Å². The lowest BCUT2D eigenvalue weighted by molar-refractivity contribution is -0.120. The minimum atomic E-state index is -0.268. The zero-order chi connectivity index (χ0) is 17.8. The van der Waals surface area contributed by atoms with Crippen LogP contribution in [-0.4, -0.2) is 15.9 Å². The molecule has 0 spiro atoms. The van der Waals surface area contributed by atoms with Crippen molar-refractivity contribution in [3.63, 3.8) is 0 Å². The summed E-state index contributed by atoms with van der Waals surface area (Å²) in [5.41, 5.74) is 3.87. The van der Waals surface area contributed by atoms with Crippen molar-refractivity contribution in [3.05, 3.63) is 102 Å². The van der Waals surface area contributed by atoms with Gasteiger partial charge in [-0.25, -0.2) is 0 Å². The number of carbonyl (C=O) groups excluding carboxylic acids is 1. The molecule has 2 N–H and O–H groups in total. The van der Waals surface area contributed by atoms with Gasteiger partial charge in [-0.1, -0.05) is 54.6 Å². The van der Waals surface area contributed by atoms with Crippen LogP contribution in [0.15, 0.2) is 85.2 Å². The molecule has 1 amide bonds. The van der Waals surface area contributed by atoms with Crippen LogP contribution in [0.5, 0.6) is 0 Å². The van der Waals surface area contributed by atoms with Gasteiger partial charge < -0.3 is 10.3 Å². The average molecular weight is 341 g/mol. The highest BCUT2D eigenvalue weighted by molar-refractivity contribution is 5.89. The molecule has 0 fully saturated rings. The van der Waals surface area contributed by atoms with Gasteiger partial charge in [-0.15, -0.1) is 0 Å². The third-order valence-electron chi connectivity index (χ3n) is 4.45. The highest BCUT2D eigenvalue weighted by atomic mass is 16.1. The first-order valence-corrected chi connectivity index (χ1v) is 8.61. The standard InChI is InChI=1S/C22H19N3O/c26-21(14-17-15-24-19-11-5-4-10-18(17)19)25-22(16-8-2-1-3-9-16)20-12-6-7-13-23-20/h1-13,15,22,24H,14H2,(H,25,26). The summed E-state index contributed by atoms with van der Waals surface area (Å²) in [7, 11) is 0. The summed E-state index contributed by atoms with van der Waals surface area (Å²) in [6, 6.07) is 23.4. The molecule has 0 aliphatic heterocycles. The Kier molecular flexibility index (Phi) is 4.48. The van der Waals surface area contributed by atoms with Crippen LogP contribution in [0.2, 0.25) is 0 Å². The largest absolute Gasteiger partial charge is 0.361 e. The van der Waals surface area contributed by atoms with E-state index in [0.29, 0.717) is 6.42 Å². The Bertz CT molecular complexity index is 970. The second kappa shape index (κ2) is 7.23. The molecule has 0 aliphatic rings. The Morgan fingerprint density at radius 1 is 0.962 bits per heavy atom. The number of nitrogens with one attached hydrogen (secondary N) is 2. The van der Waals surface area contributed by atoms with Crippen LogP contribution < -0.4 is 5.32 Å². The lowest BCUT2D eigenvalue weighted by Gasteiger charge is -2.19. The molecule has 2 aromatic heterocycles. The van der Waals surface area contributed by atoms with Crippen LogP contribution in [0.4, 0.5) is 0 Å². The number of amides is 1. The van der Waals surface area contributed by atoms with E-state index in [1.165, 1.54) is 0 Å². The van der Waals surface area contributed by atoms with Crippen LogP contribution in [-0.2, 0) is 11.2 Å². The van der Waals surface area contributed by atoms with Gasteiger partial charge in [-0.05, 0) is 29.3 Å². The second-order valence-corrected chi connectivity index (χ2v) is 6.20. The highest BCUT2D eigenvalue weighted by Gasteiger charge is 2.18. The number of pyridine rings is 1. The molecule has 0 saturated carbocycles. The van der Waals surface area contributed by atoms with Crippen molar-refractivity contribution >= 4 is 16.8 Å². The molecule has 2 aromatic carbocycles. The minimum Gasteiger partial charge on any atom is -0.361 e. The number of fused-ring (bicyclic) bond motifs is 1. The first-order valence-electron chi connectivity index (χ1n) is 8.61. The summed E-state index contributed by atoms with van der Waals surface area (Å²) in [4.78, 5) is 20.4. The Labute approximate surface area is 151 Å². The van der Waals surface area contributed by atoms with Gasteiger partial charge in [-0.2, -0.15) is 0 Å². The summed E-state index contributed by atoms with van der Waals surface area (Å²) in [6.07, 6.45) is 3.97. The molecule has 0 radical (unpaired) electrons. The molecule has 2 heterocycles. The number of hydrogen-bond acceptors (Lipinski definition) is 2. The van der Waals surface area contributed by atoms with E-state index in [1.807, 2.05) is 79.0 Å². The molecule has 4 heteroatoms. The van der Waals surface area contributed by atoms with Crippen molar-refractivity contribution in [1.29, 1.82) is 0 Å². The predicted octanol–water partition coefficient (Wildman–Crippen LogP) is 4.01. The van der Waals surface area contributed by atoms with Crippen molar-refractivity contribution in [2.45, 2.75) is 12.5 Å². The van der Waals surface area contributed by atoms with Crippen LogP contribution >= 0.6 is 0 Å². The lowest BCUT2D eigenvalue weighted by atomic mass is 10.0. The molecule has 0 bridgehead atoms. The number of para-hydroxylation sites is 1. The molecular weight excluding hydrogens is 322 g/mol. The van der Waals surface area contributed by atoms with Gasteiger partial charge in [0.1, 0.15) is 0 Å². The number of aromatic amines is 1. The van der Waals surface area contributed by atoms with E-state index in [1.54, 1.807) is 6.20 Å². The SMILES string of the molecule is O=C(Cc1c[nH]c2ccccc12)NC(c1ccccc1)c1ccccn1. The van der Waals surface area contributed by atoms with Crippen LogP contribution in [0.1, 0.15) is 22.9 Å². The topological polar surface area (TPSA) is 57.8 Å². The summed E-state index contributed by atoms with van der Waals surface area (Å²) in [5, 5.41) is 4.22. The van der Waals surface area contributed by atoms with Crippen molar-refractivity contribution in [3.8, 4) is 0 Å². The smallest absolute Gasteiger partial charge is 0.225 e. The number of nitrogens with zero attached hydrogens (tertiary/aromatic N) is 1. The number of H-pyrrole nitrogens is 1. The van der Waals surface area contributed by atoms with Crippen LogP contribution in [0, 0.1) is 0 Å². The van der Waals surface area contributed by atoms with Crippen LogP contribution in [0.3, 0.4) is 0 Å². The van der Waals surface area contributed by atoms with Gasteiger partial charge >= 0.3 is 0 Å². The van der Waals surface area contributed by atoms with Crippen molar-refractivity contribution in [2.75, 3.05) is 0 Å². The van der Waals surface area contributed by atoms with Gasteiger partial charge in [-0.3, -0.25) is 9.78 Å². The normalized spacial score (nSPS) is 12.0. The fraction of sp³-hybridized carbons (Fsp3) is 0.0909. The molecule has 4 aromatic rings. The first-order chi connectivity index (χ1) is 12.8. The van der Waals surface area contributed by atoms with E-state index in [9.17, 15) is 4.79 Å². The number of hydrogen-bond donors (Lipinski definition) is 2. The van der Waals surface area contributed by atoms with E-state index in [-0.39, 0.29) is 11.9 Å². The summed E-state index contributed by atoms with van der Waals surface area (Å²) in [5.74, 6) is -0.0331. The number of benzene rings is 2. The number of aromatic nitrogens is 2. The number of rotatable bonds is 5. The zero-order valence-corrected chi connectivity index (χ0v) is 14.2. The minimum absolute atomic E-state index is 0.0331. The first kappa shape index (κ1) is 16.1. The quantitative estimate of drug-likeness (QED) is 0.576. The Hall–Kier alpha value is -3.40. The fourth-order valence-corrected chi connectivity index (χ4v) is 3.18. The third-order valence-corrected chi connectivity index (χ3v) is 4.45.